The number of rotatable bonds is 6. The van der Waals surface area contributed by atoms with Gasteiger partial charge in [0.25, 0.3) is 0 Å². The number of benzene rings is 1. The topological polar surface area (TPSA) is 12.0 Å². The van der Waals surface area contributed by atoms with Crippen molar-refractivity contribution in [1.29, 1.82) is 0 Å². The zero-order chi connectivity index (χ0) is 13.7. The lowest BCUT2D eigenvalue weighted by atomic mass is 10.2. The Bertz CT molecular complexity index is 391. The molecule has 7 heteroatoms. The highest BCUT2D eigenvalue weighted by Crippen LogP contribution is 2.26. The Labute approximate surface area is 99.8 Å². The van der Waals surface area contributed by atoms with E-state index < -0.39 is 41.4 Å². The lowest BCUT2D eigenvalue weighted by molar-refractivity contribution is 0.381. The summed E-state index contributed by atoms with van der Waals surface area (Å²) in [6, 6.07) is 0. The normalized spacial score (nSPS) is 10.8. The first-order valence-electron chi connectivity index (χ1n) is 5.32. The van der Waals surface area contributed by atoms with Gasteiger partial charge in [-0.25, -0.2) is 22.0 Å². The molecule has 102 valence electrons. The number of alkyl halides is 1. The third-order valence-corrected chi connectivity index (χ3v) is 2.32. The van der Waals surface area contributed by atoms with E-state index in [2.05, 4.69) is 5.32 Å². The lowest BCUT2D eigenvalue weighted by Crippen LogP contribution is -2.11. The molecule has 0 spiro atoms. The largest absolute Gasteiger partial charge is 0.380 e. The quantitative estimate of drug-likeness (QED) is 0.358. The predicted octanol–water partition coefficient (Wildman–Crippen LogP) is 3.93. The van der Waals surface area contributed by atoms with E-state index in [-0.39, 0.29) is 6.54 Å². The van der Waals surface area contributed by atoms with Crippen LogP contribution in [0.2, 0.25) is 0 Å². The van der Waals surface area contributed by atoms with Gasteiger partial charge in [0, 0.05) is 6.54 Å². The number of nitrogens with one attached hydrogen (secondary N) is 1. The summed E-state index contributed by atoms with van der Waals surface area (Å²) in [4.78, 5) is 0. The first kappa shape index (κ1) is 14.7. The minimum atomic E-state index is -2.19. The van der Waals surface area contributed by atoms with Gasteiger partial charge in [0.2, 0.25) is 5.82 Å². The van der Waals surface area contributed by atoms with Gasteiger partial charge in [-0.05, 0) is 19.3 Å². The molecule has 0 fully saturated rings. The number of unbranched alkanes of at least 4 members (excludes halogenated alkanes) is 2. The monoisotopic (exact) mass is 271 g/mol. The zero-order valence-corrected chi connectivity index (χ0v) is 9.30. The summed E-state index contributed by atoms with van der Waals surface area (Å²) >= 11 is 0. The van der Waals surface area contributed by atoms with Gasteiger partial charge in [0.05, 0.1) is 6.67 Å². The molecule has 1 rings (SSSR count). The van der Waals surface area contributed by atoms with E-state index in [0.29, 0.717) is 19.3 Å². The summed E-state index contributed by atoms with van der Waals surface area (Å²) in [5.41, 5.74) is -1.05. The second-order valence-corrected chi connectivity index (χ2v) is 3.62. The van der Waals surface area contributed by atoms with Crippen LogP contribution in [0.5, 0.6) is 0 Å². The molecule has 0 saturated carbocycles. The second kappa shape index (κ2) is 6.51. The van der Waals surface area contributed by atoms with Crippen LogP contribution in [0.15, 0.2) is 0 Å². The van der Waals surface area contributed by atoms with Gasteiger partial charge in [-0.2, -0.15) is 0 Å². The van der Waals surface area contributed by atoms with Gasteiger partial charge < -0.3 is 5.32 Å². The average Bonchev–Trinajstić information content (AvgIpc) is 2.37. The van der Waals surface area contributed by atoms with E-state index in [1.807, 2.05) is 0 Å². The molecule has 0 radical (unpaired) electrons. The van der Waals surface area contributed by atoms with Crippen molar-refractivity contribution in [1.82, 2.24) is 0 Å². The predicted molar refractivity (Wildman–Crippen MR) is 54.5 cm³/mol. The van der Waals surface area contributed by atoms with E-state index in [4.69, 9.17) is 0 Å². The summed E-state index contributed by atoms with van der Waals surface area (Å²) in [5, 5.41) is 2.13. The van der Waals surface area contributed by atoms with E-state index in [9.17, 15) is 26.3 Å². The maximum atomic E-state index is 13.1. The van der Waals surface area contributed by atoms with Crippen molar-refractivity contribution >= 4 is 5.69 Å². The van der Waals surface area contributed by atoms with Crippen LogP contribution in [0.25, 0.3) is 0 Å². The van der Waals surface area contributed by atoms with Gasteiger partial charge in [-0.1, -0.05) is 0 Å². The molecule has 0 unspecified atom stereocenters. The first-order chi connectivity index (χ1) is 8.50. The summed E-state index contributed by atoms with van der Waals surface area (Å²) in [7, 11) is 0. The molecule has 0 amide bonds. The molecule has 0 aliphatic rings. The minimum absolute atomic E-state index is 0.00163. The van der Waals surface area contributed by atoms with Crippen LogP contribution in [0.1, 0.15) is 19.3 Å². The van der Waals surface area contributed by atoms with Crippen molar-refractivity contribution < 1.29 is 26.3 Å². The van der Waals surface area contributed by atoms with Crippen LogP contribution in [0.3, 0.4) is 0 Å². The van der Waals surface area contributed by atoms with Crippen LogP contribution >= 0.6 is 0 Å². The molecule has 0 aromatic heterocycles. The number of hydrogen-bond acceptors (Lipinski definition) is 1. The highest BCUT2D eigenvalue weighted by Gasteiger charge is 2.25. The molecule has 0 bridgehead atoms. The van der Waals surface area contributed by atoms with Crippen LogP contribution in [0, 0.1) is 29.1 Å². The molecule has 18 heavy (non-hydrogen) atoms. The third-order valence-electron chi connectivity index (χ3n) is 2.32. The van der Waals surface area contributed by atoms with Crippen molar-refractivity contribution in [3.05, 3.63) is 29.1 Å². The van der Waals surface area contributed by atoms with Gasteiger partial charge >= 0.3 is 0 Å². The van der Waals surface area contributed by atoms with Crippen LogP contribution in [0.4, 0.5) is 32.0 Å². The fourth-order valence-corrected chi connectivity index (χ4v) is 1.37. The van der Waals surface area contributed by atoms with Crippen molar-refractivity contribution in [3.8, 4) is 0 Å². The van der Waals surface area contributed by atoms with Gasteiger partial charge in [0.15, 0.2) is 23.3 Å². The Morgan fingerprint density at radius 1 is 0.667 bits per heavy atom. The minimum Gasteiger partial charge on any atom is -0.380 e. The standard InChI is InChI=1S/C11H11F6N/c12-4-2-1-3-5-18-11-9(16)7(14)6(13)8(15)10(11)17/h18H,1-5H2. The Kier molecular flexibility index (Phi) is 5.30. The Balaban J connectivity index is 2.77. The molecule has 0 saturated heterocycles. The Morgan fingerprint density at radius 2 is 1.17 bits per heavy atom. The molecule has 1 aromatic rings. The average molecular weight is 271 g/mol. The van der Waals surface area contributed by atoms with Crippen LogP contribution < -0.4 is 5.32 Å². The molecule has 1 nitrogen and oxygen atoms in total. The summed E-state index contributed by atoms with van der Waals surface area (Å²) in [6.45, 7) is -0.513. The maximum Gasteiger partial charge on any atom is 0.200 e. The molecule has 0 aliphatic carbocycles. The van der Waals surface area contributed by atoms with Crippen LogP contribution in [-0.2, 0) is 0 Å². The molecule has 0 heterocycles. The van der Waals surface area contributed by atoms with Gasteiger partial charge in [0.1, 0.15) is 5.69 Å². The van der Waals surface area contributed by atoms with E-state index in [1.54, 1.807) is 0 Å². The van der Waals surface area contributed by atoms with Crippen molar-refractivity contribution in [2.45, 2.75) is 19.3 Å². The van der Waals surface area contributed by atoms with Gasteiger partial charge in [-0.3, -0.25) is 4.39 Å². The summed E-state index contributed by atoms with van der Waals surface area (Å²) < 4.78 is 76.3. The SMILES string of the molecule is FCCCCCNc1c(F)c(F)c(F)c(F)c1F. The Hall–Kier alpha value is -1.40. The number of hydrogen-bond donors (Lipinski definition) is 1. The molecule has 1 aromatic carbocycles. The molecular formula is C11H11F6N. The smallest absolute Gasteiger partial charge is 0.200 e. The molecular weight excluding hydrogens is 260 g/mol. The molecule has 0 aliphatic heterocycles. The van der Waals surface area contributed by atoms with E-state index in [0.717, 1.165) is 0 Å². The molecule has 1 N–H and O–H groups in total. The van der Waals surface area contributed by atoms with Crippen molar-refractivity contribution in [2.75, 3.05) is 18.5 Å². The molecule has 0 atom stereocenters. The number of anilines is 1. The fraction of sp³-hybridized carbons (Fsp3) is 0.455. The maximum absolute atomic E-state index is 13.1. The van der Waals surface area contributed by atoms with Crippen molar-refractivity contribution in [3.63, 3.8) is 0 Å². The second-order valence-electron chi connectivity index (χ2n) is 3.62. The van der Waals surface area contributed by atoms with E-state index >= 15 is 0 Å². The van der Waals surface area contributed by atoms with Gasteiger partial charge in [-0.15, -0.1) is 0 Å². The Morgan fingerprint density at radius 3 is 1.67 bits per heavy atom. The highest BCUT2D eigenvalue weighted by atomic mass is 19.2. The summed E-state index contributed by atoms with van der Waals surface area (Å²) in [6.07, 6.45) is 1.11. The van der Waals surface area contributed by atoms with E-state index in [1.165, 1.54) is 0 Å². The van der Waals surface area contributed by atoms with Crippen molar-refractivity contribution in [2.24, 2.45) is 0 Å². The summed E-state index contributed by atoms with van der Waals surface area (Å²) in [5.74, 6) is -9.94. The fourth-order valence-electron chi connectivity index (χ4n) is 1.37. The van der Waals surface area contributed by atoms with Crippen LogP contribution in [-0.4, -0.2) is 13.2 Å². The lowest BCUT2D eigenvalue weighted by Gasteiger charge is -2.10. The number of halogens is 6. The third kappa shape index (κ3) is 3.08. The first-order valence-corrected chi connectivity index (χ1v) is 5.32. The highest BCUT2D eigenvalue weighted by molar-refractivity contribution is 5.47. The zero-order valence-electron chi connectivity index (χ0n) is 9.30.